The van der Waals surface area contributed by atoms with Crippen LogP contribution in [0.15, 0.2) is 24.3 Å². The smallest absolute Gasteiger partial charge is 0.244 e. The number of rotatable bonds is 2. The number of carbonyl (C=O) groups excluding carboxylic acids is 1. The Bertz CT molecular complexity index is 466. The quantitative estimate of drug-likeness (QED) is 0.883. The second-order valence-corrected chi connectivity index (χ2v) is 5.99. The minimum atomic E-state index is -0.143. The van der Waals surface area contributed by atoms with Gasteiger partial charge < -0.3 is 10.2 Å². The van der Waals surface area contributed by atoms with Crippen molar-refractivity contribution >= 4 is 5.91 Å². The number of benzene rings is 1. The molecule has 19 heavy (non-hydrogen) atoms. The van der Waals surface area contributed by atoms with Gasteiger partial charge in [-0.15, -0.1) is 0 Å². The van der Waals surface area contributed by atoms with Gasteiger partial charge in [0.05, 0.1) is 0 Å². The van der Waals surface area contributed by atoms with Crippen LogP contribution in [-0.2, 0) is 4.79 Å². The lowest BCUT2D eigenvalue weighted by Gasteiger charge is -2.35. The molecule has 2 heterocycles. The fraction of sp³-hybridized carbons (Fsp3) is 0.562. The number of nitrogens with one attached hydrogen (secondary N) is 1. The molecule has 0 aliphatic carbocycles. The van der Waals surface area contributed by atoms with Crippen LogP contribution in [0.4, 0.5) is 0 Å². The van der Waals surface area contributed by atoms with Crippen LogP contribution in [0.25, 0.3) is 0 Å². The van der Waals surface area contributed by atoms with Crippen molar-refractivity contribution in [2.75, 3.05) is 13.1 Å². The van der Waals surface area contributed by atoms with E-state index in [4.69, 9.17) is 0 Å². The van der Waals surface area contributed by atoms with Crippen LogP contribution >= 0.6 is 0 Å². The van der Waals surface area contributed by atoms with Crippen molar-refractivity contribution in [2.24, 2.45) is 0 Å². The van der Waals surface area contributed by atoms with E-state index in [9.17, 15) is 4.79 Å². The highest BCUT2D eigenvalue weighted by Gasteiger charge is 2.38. The van der Waals surface area contributed by atoms with Gasteiger partial charge in [-0.3, -0.25) is 4.79 Å². The Morgan fingerprint density at radius 3 is 2.68 bits per heavy atom. The van der Waals surface area contributed by atoms with E-state index < -0.39 is 0 Å². The summed E-state index contributed by atoms with van der Waals surface area (Å²) in [6.07, 6.45) is 2.30. The third-order valence-corrected chi connectivity index (χ3v) is 4.40. The maximum absolute atomic E-state index is 12.5. The maximum Gasteiger partial charge on any atom is 0.244 e. The first kappa shape index (κ1) is 12.7. The lowest BCUT2D eigenvalue weighted by molar-refractivity contribution is -0.137. The molecule has 102 valence electrons. The fourth-order valence-corrected chi connectivity index (χ4v) is 3.18. The largest absolute Gasteiger partial charge is 0.337 e. The zero-order chi connectivity index (χ0) is 13.4. The third kappa shape index (κ3) is 2.27. The molecule has 1 amide bonds. The molecule has 2 saturated heterocycles. The SMILES string of the molecule is CC(C)c1ccc(C2NCC3CCCN3C2=O)cc1. The lowest BCUT2D eigenvalue weighted by Crippen LogP contribution is -2.53. The van der Waals surface area contributed by atoms with Gasteiger partial charge in [-0.25, -0.2) is 0 Å². The first-order valence-corrected chi connectivity index (χ1v) is 7.30. The van der Waals surface area contributed by atoms with Gasteiger partial charge in [0, 0.05) is 19.1 Å². The third-order valence-electron chi connectivity index (χ3n) is 4.40. The van der Waals surface area contributed by atoms with Gasteiger partial charge in [0.1, 0.15) is 6.04 Å². The Morgan fingerprint density at radius 1 is 1.26 bits per heavy atom. The van der Waals surface area contributed by atoms with E-state index in [0.717, 1.165) is 31.5 Å². The second-order valence-electron chi connectivity index (χ2n) is 5.99. The Kier molecular flexibility index (Phi) is 3.31. The van der Waals surface area contributed by atoms with Gasteiger partial charge in [-0.1, -0.05) is 38.1 Å². The number of piperazine rings is 1. The predicted octanol–water partition coefficient (Wildman–Crippen LogP) is 2.45. The zero-order valence-electron chi connectivity index (χ0n) is 11.7. The van der Waals surface area contributed by atoms with Gasteiger partial charge in [0.25, 0.3) is 0 Å². The van der Waals surface area contributed by atoms with Crippen molar-refractivity contribution in [3.8, 4) is 0 Å². The minimum Gasteiger partial charge on any atom is -0.337 e. The van der Waals surface area contributed by atoms with E-state index in [1.165, 1.54) is 5.56 Å². The maximum atomic E-state index is 12.5. The summed E-state index contributed by atoms with van der Waals surface area (Å²) in [7, 11) is 0. The summed E-state index contributed by atoms with van der Waals surface area (Å²) < 4.78 is 0. The molecule has 2 atom stereocenters. The number of hydrogen-bond acceptors (Lipinski definition) is 2. The predicted molar refractivity (Wildman–Crippen MR) is 76.0 cm³/mol. The van der Waals surface area contributed by atoms with E-state index in [1.807, 2.05) is 0 Å². The average Bonchev–Trinajstić information content (AvgIpc) is 2.88. The van der Waals surface area contributed by atoms with E-state index in [0.29, 0.717) is 12.0 Å². The van der Waals surface area contributed by atoms with Crippen molar-refractivity contribution in [3.63, 3.8) is 0 Å². The number of nitrogens with zero attached hydrogens (tertiary/aromatic N) is 1. The molecular weight excluding hydrogens is 236 g/mol. The molecule has 0 spiro atoms. The standard InChI is InChI=1S/C16H22N2O/c1-11(2)12-5-7-13(8-6-12)15-16(19)18-9-3-4-14(18)10-17-15/h5-8,11,14-15,17H,3-4,9-10H2,1-2H3. The molecule has 3 rings (SSSR count). The summed E-state index contributed by atoms with van der Waals surface area (Å²) in [5, 5.41) is 3.41. The van der Waals surface area contributed by atoms with Crippen molar-refractivity contribution in [1.82, 2.24) is 10.2 Å². The minimum absolute atomic E-state index is 0.143. The number of fused-ring (bicyclic) bond motifs is 1. The first-order chi connectivity index (χ1) is 9.16. The summed E-state index contributed by atoms with van der Waals surface area (Å²) in [5.41, 5.74) is 2.42. The molecule has 1 aromatic rings. The Morgan fingerprint density at radius 2 is 2.00 bits per heavy atom. The number of carbonyl (C=O) groups is 1. The second kappa shape index (κ2) is 4.97. The molecule has 0 radical (unpaired) electrons. The summed E-state index contributed by atoms with van der Waals surface area (Å²) in [6, 6.07) is 8.77. The topological polar surface area (TPSA) is 32.3 Å². The van der Waals surface area contributed by atoms with Crippen molar-refractivity contribution in [3.05, 3.63) is 35.4 Å². The Balaban J connectivity index is 1.80. The van der Waals surface area contributed by atoms with Gasteiger partial charge in [0.15, 0.2) is 0 Å². The van der Waals surface area contributed by atoms with Crippen LogP contribution in [0, 0.1) is 0 Å². The molecule has 1 N–H and O–H groups in total. The highest BCUT2D eigenvalue weighted by Crippen LogP contribution is 2.28. The van der Waals surface area contributed by atoms with E-state index >= 15 is 0 Å². The van der Waals surface area contributed by atoms with Crippen LogP contribution in [0.2, 0.25) is 0 Å². The van der Waals surface area contributed by atoms with Crippen molar-refractivity contribution in [1.29, 1.82) is 0 Å². The van der Waals surface area contributed by atoms with Crippen LogP contribution in [0.5, 0.6) is 0 Å². The molecule has 0 bridgehead atoms. The molecule has 2 unspecified atom stereocenters. The summed E-state index contributed by atoms with van der Waals surface area (Å²) in [6.45, 7) is 6.25. The molecule has 3 nitrogen and oxygen atoms in total. The summed E-state index contributed by atoms with van der Waals surface area (Å²) in [5.74, 6) is 0.790. The Hall–Kier alpha value is -1.35. The Labute approximate surface area is 115 Å². The van der Waals surface area contributed by atoms with Crippen LogP contribution in [0.1, 0.15) is 49.8 Å². The molecule has 2 fully saturated rings. The fourth-order valence-electron chi connectivity index (χ4n) is 3.18. The highest BCUT2D eigenvalue weighted by atomic mass is 16.2. The average molecular weight is 258 g/mol. The van der Waals surface area contributed by atoms with Crippen LogP contribution in [0.3, 0.4) is 0 Å². The van der Waals surface area contributed by atoms with Gasteiger partial charge in [0.2, 0.25) is 5.91 Å². The lowest BCUT2D eigenvalue weighted by atomic mass is 9.97. The summed E-state index contributed by atoms with van der Waals surface area (Å²) >= 11 is 0. The molecular formula is C16H22N2O. The zero-order valence-corrected chi connectivity index (χ0v) is 11.7. The first-order valence-electron chi connectivity index (χ1n) is 7.30. The normalized spacial score (nSPS) is 26.9. The van der Waals surface area contributed by atoms with Crippen molar-refractivity contribution < 1.29 is 4.79 Å². The molecule has 0 saturated carbocycles. The van der Waals surface area contributed by atoms with Gasteiger partial charge in [-0.2, -0.15) is 0 Å². The summed E-state index contributed by atoms with van der Waals surface area (Å²) in [4.78, 5) is 14.6. The van der Waals surface area contributed by atoms with E-state index in [2.05, 4.69) is 48.3 Å². The van der Waals surface area contributed by atoms with Gasteiger partial charge >= 0.3 is 0 Å². The molecule has 0 aromatic heterocycles. The number of hydrogen-bond donors (Lipinski definition) is 1. The highest BCUT2D eigenvalue weighted by molar-refractivity contribution is 5.84. The van der Waals surface area contributed by atoms with Crippen LogP contribution in [-0.4, -0.2) is 29.9 Å². The molecule has 1 aromatic carbocycles. The van der Waals surface area contributed by atoms with Gasteiger partial charge in [-0.05, 0) is 29.9 Å². The van der Waals surface area contributed by atoms with Crippen molar-refractivity contribution in [2.45, 2.75) is 44.7 Å². The van der Waals surface area contributed by atoms with Crippen LogP contribution < -0.4 is 5.32 Å². The molecule has 2 aliphatic rings. The molecule has 3 heteroatoms. The van der Waals surface area contributed by atoms with E-state index in [1.54, 1.807) is 0 Å². The molecule has 2 aliphatic heterocycles. The monoisotopic (exact) mass is 258 g/mol. The van der Waals surface area contributed by atoms with E-state index in [-0.39, 0.29) is 11.9 Å². The number of amides is 1.